The van der Waals surface area contributed by atoms with Gasteiger partial charge in [-0.1, -0.05) is 0 Å². The molecule has 0 amide bonds. The average molecular weight is 266 g/mol. The SMILES string of the molecule is CC(Nc1ccc(-n2ccnc2)nc1)c1cnccn1. The van der Waals surface area contributed by atoms with Crippen LogP contribution in [0.25, 0.3) is 5.82 Å². The Labute approximate surface area is 116 Å². The van der Waals surface area contributed by atoms with Gasteiger partial charge in [-0.05, 0) is 19.1 Å². The smallest absolute Gasteiger partial charge is 0.137 e. The molecule has 3 heterocycles. The van der Waals surface area contributed by atoms with Crippen LogP contribution in [0.4, 0.5) is 5.69 Å². The lowest BCUT2D eigenvalue weighted by atomic mass is 10.2. The van der Waals surface area contributed by atoms with Gasteiger partial charge in [-0.25, -0.2) is 9.97 Å². The fraction of sp³-hybridized carbons (Fsp3) is 0.143. The molecule has 3 aromatic heterocycles. The molecule has 0 fully saturated rings. The van der Waals surface area contributed by atoms with Crippen LogP contribution >= 0.6 is 0 Å². The summed E-state index contributed by atoms with van der Waals surface area (Å²) >= 11 is 0. The van der Waals surface area contributed by atoms with E-state index in [0.29, 0.717) is 0 Å². The first-order valence-electron chi connectivity index (χ1n) is 6.30. The van der Waals surface area contributed by atoms with Crippen molar-refractivity contribution < 1.29 is 0 Å². The van der Waals surface area contributed by atoms with Crippen LogP contribution in [-0.4, -0.2) is 24.5 Å². The highest BCUT2D eigenvalue weighted by Crippen LogP contribution is 2.16. The fourth-order valence-corrected chi connectivity index (χ4v) is 1.88. The zero-order chi connectivity index (χ0) is 13.8. The van der Waals surface area contributed by atoms with E-state index in [9.17, 15) is 0 Å². The molecular weight excluding hydrogens is 252 g/mol. The molecule has 100 valence electrons. The summed E-state index contributed by atoms with van der Waals surface area (Å²) in [6, 6.07) is 3.99. The second-order valence-electron chi connectivity index (χ2n) is 4.37. The van der Waals surface area contributed by atoms with E-state index >= 15 is 0 Å². The number of anilines is 1. The van der Waals surface area contributed by atoms with E-state index in [-0.39, 0.29) is 6.04 Å². The number of imidazole rings is 1. The summed E-state index contributed by atoms with van der Waals surface area (Å²) in [6.45, 7) is 2.04. The number of hydrogen-bond acceptors (Lipinski definition) is 5. The van der Waals surface area contributed by atoms with Gasteiger partial charge in [0.2, 0.25) is 0 Å². The van der Waals surface area contributed by atoms with E-state index in [1.807, 2.05) is 29.8 Å². The molecular formula is C14H14N6. The van der Waals surface area contributed by atoms with Gasteiger partial charge in [0.15, 0.2) is 0 Å². The maximum absolute atomic E-state index is 4.39. The minimum absolute atomic E-state index is 0.0737. The Balaban J connectivity index is 1.72. The van der Waals surface area contributed by atoms with Gasteiger partial charge in [-0.2, -0.15) is 0 Å². The van der Waals surface area contributed by atoms with Gasteiger partial charge >= 0.3 is 0 Å². The van der Waals surface area contributed by atoms with Crippen LogP contribution in [0.5, 0.6) is 0 Å². The minimum Gasteiger partial charge on any atom is -0.376 e. The first-order valence-corrected chi connectivity index (χ1v) is 6.30. The van der Waals surface area contributed by atoms with Gasteiger partial charge in [0.25, 0.3) is 0 Å². The monoisotopic (exact) mass is 266 g/mol. The highest BCUT2D eigenvalue weighted by molar-refractivity contribution is 5.45. The largest absolute Gasteiger partial charge is 0.376 e. The molecule has 0 aliphatic rings. The topological polar surface area (TPSA) is 68.5 Å². The van der Waals surface area contributed by atoms with E-state index in [2.05, 4.69) is 25.3 Å². The molecule has 0 aliphatic carbocycles. The molecule has 6 nitrogen and oxygen atoms in total. The summed E-state index contributed by atoms with van der Waals surface area (Å²) in [5.41, 5.74) is 1.83. The molecule has 1 N–H and O–H groups in total. The quantitative estimate of drug-likeness (QED) is 0.784. The zero-order valence-corrected chi connectivity index (χ0v) is 11.0. The van der Waals surface area contributed by atoms with Crippen LogP contribution < -0.4 is 5.32 Å². The van der Waals surface area contributed by atoms with Gasteiger partial charge in [0, 0.05) is 24.8 Å². The first kappa shape index (κ1) is 12.3. The first-order chi connectivity index (χ1) is 9.83. The summed E-state index contributed by atoms with van der Waals surface area (Å²) in [5, 5.41) is 3.34. The number of aromatic nitrogens is 5. The van der Waals surface area contributed by atoms with Crippen LogP contribution in [0.15, 0.2) is 55.6 Å². The van der Waals surface area contributed by atoms with Crippen LogP contribution in [0.1, 0.15) is 18.7 Å². The Bertz CT molecular complexity index is 648. The Hall–Kier alpha value is -2.76. The maximum Gasteiger partial charge on any atom is 0.137 e. The summed E-state index contributed by atoms with van der Waals surface area (Å²) in [5.74, 6) is 0.834. The van der Waals surface area contributed by atoms with E-state index < -0.39 is 0 Å². The molecule has 0 saturated carbocycles. The van der Waals surface area contributed by atoms with E-state index in [1.165, 1.54) is 0 Å². The molecule has 0 spiro atoms. The van der Waals surface area contributed by atoms with E-state index in [0.717, 1.165) is 17.2 Å². The van der Waals surface area contributed by atoms with Crippen molar-refractivity contribution in [3.63, 3.8) is 0 Å². The van der Waals surface area contributed by atoms with Crippen molar-refractivity contribution in [1.29, 1.82) is 0 Å². The van der Waals surface area contributed by atoms with Crippen LogP contribution in [0.3, 0.4) is 0 Å². The molecule has 0 bridgehead atoms. The lowest BCUT2D eigenvalue weighted by Gasteiger charge is -2.14. The van der Waals surface area contributed by atoms with Crippen molar-refractivity contribution in [3.8, 4) is 5.82 Å². The molecule has 1 unspecified atom stereocenters. The molecule has 6 heteroatoms. The Morgan fingerprint density at radius 2 is 2.00 bits per heavy atom. The number of nitrogens with one attached hydrogen (secondary N) is 1. The van der Waals surface area contributed by atoms with Crippen molar-refractivity contribution in [2.75, 3.05) is 5.32 Å². The molecule has 20 heavy (non-hydrogen) atoms. The van der Waals surface area contributed by atoms with Crippen LogP contribution in [0, 0.1) is 0 Å². The van der Waals surface area contributed by atoms with Gasteiger partial charge in [0.05, 0.1) is 29.8 Å². The standard InChI is InChI=1S/C14H14N6/c1-11(13-9-15-4-5-17-13)19-12-2-3-14(18-8-12)20-7-6-16-10-20/h2-11,19H,1H3. The number of pyridine rings is 1. The Kier molecular flexibility index (Phi) is 3.36. The molecule has 0 saturated heterocycles. The molecule has 0 radical (unpaired) electrons. The lowest BCUT2D eigenvalue weighted by molar-refractivity contribution is 0.825. The normalized spacial score (nSPS) is 12.1. The van der Waals surface area contributed by atoms with E-state index in [1.54, 1.807) is 37.3 Å². The number of rotatable bonds is 4. The van der Waals surface area contributed by atoms with Crippen molar-refractivity contribution in [1.82, 2.24) is 24.5 Å². The minimum atomic E-state index is 0.0737. The van der Waals surface area contributed by atoms with Gasteiger partial charge in [-0.15, -0.1) is 0 Å². The molecule has 3 aromatic rings. The van der Waals surface area contributed by atoms with Crippen molar-refractivity contribution in [2.45, 2.75) is 13.0 Å². The Morgan fingerprint density at radius 3 is 2.65 bits per heavy atom. The summed E-state index contributed by atoms with van der Waals surface area (Å²) in [7, 11) is 0. The number of nitrogens with zero attached hydrogens (tertiary/aromatic N) is 5. The third kappa shape index (κ3) is 2.64. The second-order valence-corrected chi connectivity index (χ2v) is 4.37. The highest BCUT2D eigenvalue weighted by atomic mass is 15.1. The van der Waals surface area contributed by atoms with Crippen molar-refractivity contribution in [3.05, 3.63) is 61.3 Å². The van der Waals surface area contributed by atoms with Crippen LogP contribution in [-0.2, 0) is 0 Å². The lowest BCUT2D eigenvalue weighted by Crippen LogP contribution is -2.09. The third-order valence-corrected chi connectivity index (χ3v) is 2.93. The summed E-state index contributed by atoms with van der Waals surface area (Å²) in [6.07, 6.45) is 12.2. The number of hydrogen-bond donors (Lipinski definition) is 1. The van der Waals surface area contributed by atoms with Gasteiger partial charge in [-0.3, -0.25) is 14.5 Å². The molecule has 1 atom stereocenters. The van der Waals surface area contributed by atoms with Crippen molar-refractivity contribution >= 4 is 5.69 Å². The average Bonchev–Trinajstić information content (AvgIpc) is 3.03. The molecule has 3 rings (SSSR count). The Morgan fingerprint density at radius 1 is 1.05 bits per heavy atom. The van der Waals surface area contributed by atoms with Crippen molar-refractivity contribution in [2.24, 2.45) is 0 Å². The second kappa shape index (κ2) is 5.48. The van der Waals surface area contributed by atoms with Crippen LogP contribution in [0.2, 0.25) is 0 Å². The predicted octanol–water partition coefficient (Wildman–Crippen LogP) is 2.23. The third-order valence-electron chi connectivity index (χ3n) is 2.93. The summed E-state index contributed by atoms with van der Waals surface area (Å²) < 4.78 is 1.86. The highest BCUT2D eigenvalue weighted by Gasteiger charge is 2.07. The molecule has 0 aliphatic heterocycles. The fourth-order valence-electron chi connectivity index (χ4n) is 1.88. The van der Waals surface area contributed by atoms with Gasteiger partial charge < -0.3 is 5.32 Å². The van der Waals surface area contributed by atoms with E-state index in [4.69, 9.17) is 0 Å². The predicted molar refractivity (Wildman–Crippen MR) is 75.4 cm³/mol. The van der Waals surface area contributed by atoms with Gasteiger partial charge in [0.1, 0.15) is 12.1 Å². The molecule has 0 aromatic carbocycles. The summed E-state index contributed by atoms with van der Waals surface area (Å²) in [4.78, 5) is 16.7. The zero-order valence-electron chi connectivity index (χ0n) is 11.0. The maximum atomic E-state index is 4.39.